The number of hydrogen-bond donors (Lipinski definition) is 0. The third-order valence-corrected chi connectivity index (χ3v) is 2.04. The van der Waals surface area contributed by atoms with E-state index in [0.29, 0.717) is 0 Å². The second-order valence-corrected chi connectivity index (χ2v) is 3.13. The van der Waals surface area contributed by atoms with Gasteiger partial charge in [0.15, 0.2) is 11.6 Å². The number of carbonyl (C=O) groups excluding carboxylic acids is 1. The van der Waals surface area contributed by atoms with Gasteiger partial charge in [0.25, 0.3) is 0 Å². The van der Waals surface area contributed by atoms with Gasteiger partial charge < -0.3 is 4.74 Å². The molecule has 0 aromatic heterocycles. The van der Waals surface area contributed by atoms with E-state index < -0.39 is 22.6 Å². The fourth-order valence-electron chi connectivity index (χ4n) is 0.971. The molecule has 0 aliphatic carbocycles. The van der Waals surface area contributed by atoms with Crippen molar-refractivity contribution in [2.24, 2.45) is 0 Å². The fraction of sp³-hybridized carbons (Fsp3) is 0.100. The van der Waals surface area contributed by atoms with Gasteiger partial charge in [-0.25, -0.2) is 13.6 Å². The zero-order valence-electron chi connectivity index (χ0n) is 7.81. The maximum Gasteiger partial charge on any atom is 0.337 e. The van der Waals surface area contributed by atoms with Crippen LogP contribution in [0.15, 0.2) is 18.7 Å². The van der Waals surface area contributed by atoms with Gasteiger partial charge in [-0.1, -0.05) is 18.2 Å². The molecule has 15 heavy (non-hydrogen) atoms. The molecule has 0 saturated heterocycles. The Kier molecular flexibility index (Phi) is 3.42. The van der Waals surface area contributed by atoms with Crippen LogP contribution in [0.5, 0.6) is 0 Å². The van der Waals surface area contributed by atoms with E-state index in [9.17, 15) is 13.6 Å². The summed E-state index contributed by atoms with van der Waals surface area (Å²) in [5, 5.41) is -0.407. The van der Waals surface area contributed by atoms with Gasteiger partial charge in [0.1, 0.15) is 0 Å². The van der Waals surface area contributed by atoms with Gasteiger partial charge in [-0.05, 0) is 17.7 Å². The van der Waals surface area contributed by atoms with E-state index in [1.807, 2.05) is 0 Å². The molecule has 0 aliphatic rings. The maximum atomic E-state index is 12.9. The van der Waals surface area contributed by atoms with Crippen LogP contribution in [-0.4, -0.2) is 13.1 Å². The number of hydrogen-bond acceptors (Lipinski definition) is 2. The van der Waals surface area contributed by atoms with E-state index in [4.69, 9.17) is 11.6 Å². The molecule has 0 spiro atoms. The van der Waals surface area contributed by atoms with Crippen LogP contribution in [0.1, 0.15) is 5.56 Å². The van der Waals surface area contributed by atoms with Crippen molar-refractivity contribution in [2.75, 3.05) is 7.11 Å². The maximum absolute atomic E-state index is 12.9. The predicted molar refractivity (Wildman–Crippen MR) is 52.4 cm³/mol. The van der Waals surface area contributed by atoms with E-state index in [2.05, 4.69) is 11.3 Å². The lowest BCUT2D eigenvalue weighted by Crippen LogP contribution is -2.03. The summed E-state index contributed by atoms with van der Waals surface area (Å²) in [6.07, 6.45) is 0. The average Bonchev–Trinajstić information content (AvgIpc) is 2.23. The van der Waals surface area contributed by atoms with Crippen LogP contribution in [0.2, 0.25) is 5.02 Å². The molecule has 0 unspecified atom stereocenters. The lowest BCUT2D eigenvalue weighted by atomic mass is 10.1. The molecule has 0 saturated carbocycles. The fourth-order valence-corrected chi connectivity index (χ4v) is 1.18. The predicted octanol–water partition coefficient (Wildman–Crippen LogP) is 2.80. The molecular formula is C10H7ClF2O2. The first-order valence-corrected chi connectivity index (χ1v) is 4.27. The van der Waals surface area contributed by atoms with Crippen LogP contribution in [0, 0.1) is 11.6 Å². The minimum atomic E-state index is -1.15. The lowest BCUT2D eigenvalue weighted by molar-refractivity contribution is -0.133. The van der Waals surface area contributed by atoms with Crippen molar-refractivity contribution in [1.82, 2.24) is 0 Å². The van der Waals surface area contributed by atoms with E-state index in [-0.39, 0.29) is 11.1 Å². The highest BCUT2D eigenvalue weighted by atomic mass is 35.5. The Morgan fingerprint density at radius 2 is 2.07 bits per heavy atom. The summed E-state index contributed by atoms with van der Waals surface area (Å²) in [4.78, 5) is 11.0. The second kappa shape index (κ2) is 4.40. The third kappa shape index (κ3) is 2.33. The highest BCUT2D eigenvalue weighted by Gasteiger charge is 2.15. The van der Waals surface area contributed by atoms with Crippen molar-refractivity contribution in [3.63, 3.8) is 0 Å². The molecule has 5 heteroatoms. The van der Waals surface area contributed by atoms with Crippen LogP contribution in [-0.2, 0) is 9.53 Å². The van der Waals surface area contributed by atoms with Gasteiger partial charge in [0.2, 0.25) is 0 Å². The Morgan fingerprint density at radius 3 is 2.53 bits per heavy atom. The summed E-state index contributed by atoms with van der Waals surface area (Å²) in [7, 11) is 1.16. The molecule has 0 aliphatic heterocycles. The Labute approximate surface area is 90.1 Å². The number of esters is 1. The van der Waals surface area contributed by atoms with Gasteiger partial charge in [-0.3, -0.25) is 0 Å². The number of carbonyl (C=O) groups is 1. The van der Waals surface area contributed by atoms with Gasteiger partial charge in [-0.15, -0.1) is 0 Å². The molecule has 2 nitrogen and oxygen atoms in total. The van der Waals surface area contributed by atoms with Crippen LogP contribution in [0.25, 0.3) is 5.57 Å². The molecular weight excluding hydrogens is 226 g/mol. The molecule has 0 radical (unpaired) electrons. The standard InChI is InChI=1S/C10H7ClF2O2/c1-5(10(14)15-2)6-3-7(11)9(13)8(12)4-6/h3-4H,1H2,2H3. The number of rotatable bonds is 2. The Bertz CT molecular complexity index is 406. The Balaban J connectivity index is 3.17. The molecule has 1 aromatic carbocycles. The molecule has 0 atom stereocenters. The summed E-state index contributed by atoms with van der Waals surface area (Å²) in [6.45, 7) is 3.39. The molecule has 1 aromatic rings. The van der Waals surface area contributed by atoms with Crippen LogP contribution in [0.4, 0.5) is 8.78 Å². The molecule has 0 bridgehead atoms. The topological polar surface area (TPSA) is 26.3 Å². The van der Waals surface area contributed by atoms with Gasteiger partial charge in [0.05, 0.1) is 17.7 Å². The smallest absolute Gasteiger partial charge is 0.337 e. The highest BCUT2D eigenvalue weighted by Crippen LogP contribution is 2.24. The first kappa shape index (κ1) is 11.7. The van der Waals surface area contributed by atoms with E-state index in [1.165, 1.54) is 0 Å². The van der Waals surface area contributed by atoms with Crippen molar-refractivity contribution in [2.45, 2.75) is 0 Å². The number of benzene rings is 1. The van der Waals surface area contributed by atoms with Gasteiger partial charge >= 0.3 is 5.97 Å². The Morgan fingerprint density at radius 1 is 1.47 bits per heavy atom. The first-order chi connectivity index (χ1) is 6.97. The zero-order chi connectivity index (χ0) is 11.6. The molecule has 0 amide bonds. The van der Waals surface area contributed by atoms with Crippen molar-refractivity contribution in [1.29, 1.82) is 0 Å². The lowest BCUT2D eigenvalue weighted by Gasteiger charge is -2.05. The highest BCUT2D eigenvalue weighted by molar-refractivity contribution is 6.31. The van der Waals surface area contributed by atoms with E-state index in [1.54, 1.807) is 0 Å². The Hall–Kier alpha value is -1.42. The van der Waals surface area contributed by atoms with Crippen molar-refractivity contribution in [3.8, 4) is 0 Å². The zero-order valence-corrected chi connectivity index (χ0v) is 8.57. The molecule has 1 rings (SSSR count). The van der Waals surface area contributed by atoms with E-state index in [0.717, 1.165) is 19.2 Å². The third-order valence-electron chi connectivity index (χ3n) is 1.76. The van der Waals surface area contributed by atoms with Crippen molar-refractivity contribution >= 4 is 23.1 Å². The molecule has 80 valence electrons. The van der Waals surface area contributed by atoms with Gasteiger partial charge in [0, 0.05) is 0 Å². The molecule has 0 fully saturated rings. The summed E-state index contributed by atoms with van der Waals surface area (Å²) in [5.74, 6) is -3.02. The van der Waals surface area contributed by atoms with Crippen molar-refractivity contribution in [3.05, 3.63) is 40.9 Å². The SMILES string of the molecule is C=C(C(=O)OC)c1cc(F)c(F)c(Cl)c1. The number of methoxy groups -OCH3 is 1. The van der Waals surface area contributed by atoms with Crippen LogP contribution in [0.3, 0.4) is 0 Å². The largest absolute Gasteiger partial charge is 0.465 e. The quantitative estimate of drug-likeness (QED) is 0.445. The first-order valence-electron chi connectivity index (χ1n) is 3.89. The van der Waals surface area contributed by atoms with Crippen LogP contribution < -0.4 is 0 Å². The molecule has 0 N–H and O–H groups in total. The monoisotopic (exact) mass is 232 g/mol. The normalized spacial score (nSPS) is 9.87. The minimum Gasteiger partial charge on any atom is -0.465 e. The second-order valence-electron chi connectivity index (χ2n) is 2.72. The van der Waals surface area contributed by atoms with E-state index >= 15 is 0 Å². The summed E-state index contributed by atoms with van der Waals surface area (Å²) in [5.41, 5.74) is 0.00375. The minimum absolute atomic E-state index is 0.0849. The summed E-state index contributed by atoms with van der Waals surface area (Å²) >= 11 is 5.40. The summed E-state index contributed by atoms with van der Waals surface area (Å²) in [6, 6.07) is 1.94. The average molecular weight is 233 g/mol. The van der Waals surface area contributed by atoms with Gasteiger partial charge in [-0.2, -0.15) is 0 Å². The summed E-state index contributed by atoms with van der Waals surface area (Å²) < 4.78 is 30.1. The van der Waals surface area contributed by atoms with Crippen LogP contribution >= 0.6 is 11.6 Å². The number of ether oxygens (including phenoxy) is 1. The molecule has 0 heterocycles. The van der Waals surface area contributed by atoms with Crippen molar-refractivity contribution < 1.29 is 18.3 Å². The number of halogens is 3.